The zero-order valence-electron chi connectivity index (χ0n) is 13.9. The topological polar surface area (TPSA) is 78.8 Å². The molecule has 25 heavy (non-hydrogen) atoms. The highest BCUT2D eigenvalue weighted by Gasteiger charge is 2.40. The van der Waals surface area contributed by atoms with E-state index in [1.54, 1.807) is 37.3 Å². The second kappa shape index (κ2) is 6.68. The van der Waals surface area contributed by atoms with E-state index in [1.165, 1.54) is 6.21 Å². The van der Waals surface area contributed by atoms with Crippen LogP contribution in [0.2, 0.25) is 0 Å². The van der Waals surface area contributed by atoms with Gasteiger partial charge in [0.1, 0.15) is 0 Å². The third-order valence-corrected chi connectivity index (χ3v) is 3.97. The van der Waals surface area contributed by atoms with Gasteiger partial charge in [0.2, 0.25) is 5.91 Å². The molecule has 1 aliphatic heterocycles. The summed E-state index contributed by atoms with van der Waals surface area (Å²) >= 11 is 0. The Morgan fingerprint density at radius 3 is 2.36 bits per heavy atom. The van der Waals surface area contributed by atoms with Gasteiger partial charge in [-0.3, -0.25) is 19.9 Å². The average molecular weight is 335 g/mol. The molecule has 2 aromatic rings. The minimum atomic E-state index is -1.15. The lowest BCUT2D eigenvalue weighted by Gasteiger charge is -2.29. The SMILES string of the molecule is Cc1ccc(N=C[C@H]2C(=O)NC(=O)N(c3ccccc3C)C2=O)cc1. The van der Waals surface area contributed by atoms with Crippen LogP contribution in [-0.4, -0.2) is 24.1 Å². The fraction of sp³-hybridized carbons (Fsp3) is 0.158. The number of rotatable bonds is 3. The highest BCUT2D eigenvalue weighted by molar-refractivity contribution is 6.32. The maximum atomic E-state index is 12.7. The van der Waals surface area contributed by atoms with Crippen molar-refractivity contribution < 1.29 is 14.4 Å². The number of barbiturate groups is 1. The summed E-state index contributed by atoms with van der Waals surface area (Å²) in [6.07, 6.45) is 1.28. The van der Waals surface area contributed by atoms with Gasteiger partial charge in [0.15, 0.2) is 5.92 Å². The van der Waals surface area contributed by atoms with Gasteiger partial charge in [0.05, 0.1) is 11.4 Å². The molecule has 0 aliphatic carbocycles. The fourth-order valence-electron chi connectivity index (χ4n) is 2.56. The number of carbonyl (C=O) groups is 3. The third-order valence-electron chi connectivity index (χ3n) is 3.97. The molecule has 0 unspecified atom stereocenters. The van der Waals surface area contributed by atoms with Crippen molar-refractivity contribution in [2.75, 3.05) is 4.90 Å². The number of aryl methyl sites for hydroxylation is 2. The van der Waals surface area contributed by atoms with Crippen molar-refractivity contribution in [2.24, 2.45) is 10.9 Å². The summed E-state index contributed by atoms with van der Waals surface area (Å²) in [7, 11) is 0. The van der Waals surface area contributed by atoms with Crippen molar-refractivity contribution >= 4 is 35.4 Å². The second-order valence-electron chi connectivity index (χ2n) is 5.85. The van der Waals surface area contributed by atoms with Crippen LogP contribution < -0.4 is 10.2 Å². The molecular formula is C19H17N3O3. The Morgan fingerprint density at radius 1 is 1.00 bits per heavy atom. The Labute approximate surface area is 145 Å². The predicted octanol–water partition coefficient (Wildman–Crippen LogP) is 2.90. The van der Waals surface area contributed by atoms with Crippen molar-refractivity contribution in [1.82, 2.24) is 5.32 Å². The molecule has 0 radical (unpaired) electrons. The number of hydrogen-bond donors (Lipinski definition) is 1. The quantitative estimate of drug-likeness (QED) is 0.692. The molecule has 1 heterocycles. The number of carbonyl (C=O) groups excluding carboxylic acids is 3. The monoisotopic (exact) mass is 335 g/mol. The predicted molar refractivity (Wildman–Crippen MR) is 95.0 cm³/mol. The Hall–Kier alpha value is -3.28. The summed E-state index contributed by atoms with van der Waals surface area (Å²) in [5, 5.41) is 2.22. The van der Waals surface area contributed by atoms with Crippen molar-refractivity contribution in [3.63, 3.8) is 0 Å². The summed E-state index contributed by atoms with van der Waals surface area (Å²) in [4.78, 5) is 42.2. The van der Waals surface area contributed by atoms with Crippen molar-refractivity contribution in [3.8, 4) is 0 Å². The van der Waals surface area contributed by atoms with Crippen molar-refractivity contribution in [3.05, 3.63) is 59.7 Å². The standard InChI is InChI=1S/C19H17N3O3/c1-12-7-9-14(10-8-12)20-11-15-17(23)21-19(25)22(18(15)24)16-6-4-3-5-13(16)2/h3-11,15H,1-2H3,(H,21,23,25)/t15-/m0/s1. The van der Waals surface area contributed by atoms with E-state index in [0.29, 0.717) is 11.4 Å². The number of nitrogens with one attached hydrogen (secondary N) is 1. The van der Waals surface area contributed by atoms with Crippen LogP contribution in [0, 0.1) is 19.8 Å². The molecule has 3 rings (SSSR count). The average Bonchev–Trinajstić information content (AvgIpc) is 2.57. The first-order valence-corrected chi connectivity index (χ1v) is 7.82. The number of imide groups is 2. The summed E-state index contributed by atoms with van der Waals surface area (Å²) in [6.45, 7) is 3.75. The Kier molecular flexibility index (Phi) is 4.43. The minimum Gasteiger partial charge on any atom is -0.276 e. The van der Waals surface area contributed by atoms with Crippen LogP contribution in [0.15, 0.2) is 53.5 Å². The van der Waals surface area contributed by atoms with Crippen LogP contribution in [-0.2, 0) is 9.59 Å². The zero-order chi connectivity index (χ0) is 18.0. The highest BCUT2D eigenvalue weighted by Crippen LogP contribution is 2.24. The van der Waals surface area contributed by atoms with E-state index < -0.39 is 23.8 Å². The molecule has 1 fully saturated rings. The lowest BCUT2D eigenvalue weighted by molar-refractivity contribution is -0.131. The molecule has 2 aromatic carbocycles. The van der Waals surface area contributed by atoms with Crippen LogP contribution in [0.25, 0.3) is 0 Å². The lowest BCUT2D eigenvalue weighted by atomic mass is 10.0. The van der Waals surface area contributed by atoms with Crippen LogP contribution >= 0.6 is 0 Å². The van der Waals surface area contributed by atoms with E-state index in [0.717, 1.165) is 16.0 Å². The smallest absolute Gasteiger partial charge is 0.276 e. The number of amides is 4. The van der Waals surface area contributed by atoms with Gasteiger partial charge < -0.3 is 0 Å². The van der Waals surface area contributed by atoms with Crippen LogP contribution in [0.3, 0.4) is 0 Å². The van der Waals surface area contributed by atoms with Gasteiger partial charge in [0, 0.05) is 6.21 Å². The van der Waals surface area contributed by atoms with Crippen LogP contribution in [0.5, 0.6) is 0 Å². The largest absolute Gasteiger partial charge is 0.335 e. The Balaban J connectivity index is 1.90. The molecule has 0 aromatic heterocycles. The summed E-state index contributed by atoms with van der Waals surface area (Å²) in [5.74, 6) is -2.44. The second-order valence-corrected chi connectivity index (χ2v) is 5.85. The van der Waals surface area contributed by atoms with Gasteiger partial charge in [-0.1, -0.05) is 35.9 Å². The first kappa shape index (κ1) is 16.6. The molecule has 4 amide bonds. The van der Waals surface area contributed by atoms with E-state index >= 15 is 0 Å². The van der Waals surface area contributed by atoms with E-state index in [-0.39, 0.29) is 0 Å². The number of para-hydroxylation sites is 1. The highest BCUT2D eigenvalue weighted by atomic mass is 16.2. The van der Waals surface area contributed by atoms with E-state index in [1.807, 2.05) is 25.1 Å². The van der Waals surface area contributed by atoms with E-state index in [2.05, 4.69) is 10.3 Å². The lowest BCUT2D eigenvalue weighted by Crippen LogP contribution is -2.58. The maximum absolute atomic E-state index is 12.7. The minimum absolute atomic E-state index is 0.450. The van der Waals surface area contributed by atoms with Gasteiger partial charge >= 0.3 is 6.03 Å². The van der Waals surface area contributed by atoms with Gasteiger partial charge in [-0.05, 0) is 37.6 Å². The molecular weight excluding hydrogens is 318 g/mol. The number of hydrogen-bond acceptors (Lipinski definition) is 4. The maximum Gasteiger partial charge on any atom is 0.335 e. The van der Waals surface area contributed by atoms with E-state index in [9.17, 15) is 14.4 Å². The number of benzene rings is 2. The summed E-state index contributed by atoms with van der Waals surface area (Å²) < 4.78 is 0. The molecule has 6 nitrogen and oxygen atoms in total. The first-order chi connectivity index (χ1) is 12.0. The molecule has 6 heteroatoms. The molecule has 126 valence electrons. The Bertz CT molecular complexity index is 872. The Morgan fingerprint density at radius 2 is 1.68 bits per heavy atom. The normalized spacial score (nSPS) is 17.9. The molecule has 0 saturated carbocycles. The fourth-order valence-corrected chi connectivity index (χ4v) is 2.56. The third kappa shape index (κ3) is 3.33. The number of urea groups is 1. The molecule has 1 atom stereocenters. The molecule has 0 bridgehead atoms. The van der Waals surface area contributed by atoms with Gasteiger partial charge in [0.25, 0.3) is 5.91 Å². The van der Waals surface area contributed by atoms with Gasteiger partial charge in [-0.2, -0.15) is 0 Å². The number of anilines is 1. The van der Waals surface area contributed by atoms with E-state index in [4.69, 9.17) is 0 Å². The molecule has 1 N–H and O–H groups in total. The molecule has 1 saturated heterocycles. The zero-order valence-corrected chi connectivity index (χ0v) is 13.9. The van der Waals surface area contributed by atoms with Crippen LogP contribution in [0.4, 0.5) is 16.2 Å². The van der Waals surface area contributed by atoms with Gasteiger partial charge in [-0.15, -0.1) is 0 Å². The van der Waals surface area contributed by atoms with Crippen LogP contribution in [0.1, 0.15) is 11.1 Å². The van der Waals surface area contributed by atoms with Gasteiger partial charge in [-0.25, -0.2) is 9.69 Å². The number of aliphatic imine (C=N–C) groups is 1. The first-order valence-electron chi connectivity index (χ1n) is 7.82. The van der Waals surface area contributed by atoms with Crippen molar-refractivity contribution in [2.45, 2.75) is 13.8 Å². The summed E-state index contributed by atoms with van der Waals surface area (Å²) in [5.41, 5.74) is 2.92. The summed E-state index contributed by atoms with van der Waals surface area (Å²) in [6, 6.07) is 13.6. The number of nitrogens with zero attached hydrogens (tertiary/aromatic N) is 2. The van der Waals surface area contributed by atoms with Crippen molar-refractivity contribution in [1.29, 1.82) is 0 Å². The molecule has 1 aliphatic rings. The molecule has 0 spiro atoms.